The van der Waals surface area contributed by atoms with E-state index in [-0.39, 0.29) is 17.6 Å². The highest BCUT2D eigenvalue weighted by Gasteiger charge is 2.47. The van der Waals surface area contributed by atoms with Crippen LogP contribution in [0.2, 0.25) is 0 Å². The number of aliphatic hydroxyl groups is 1. The number of anilines is 2. The van der Waals surface area contributed by atoms with Crippen LogP contribution in [-0.2, 0) is 0 Å². The van der Waals surface area contributed by atoms with Gasteiger partial charge in [-0.05, 0) is 19.3 Å². The average molecular weight is 248 g/mol. The minimum Gasteiger partial charge on any atom is -0.392 e. The third-order valence-electron chi connectivity index (χ3n) is 4.24. The van der Waals surface area contributed by atoms with Crippen LogP contribution in [-0.4, -0.2) is 27.2 Å². The van der Waals surface area contributed by atoms with Crippen LogP contribution in [0.15, 0.2) is 6.07 Å². The van der Waals surface area contributed by atoms with Crippen LogP contribution in [0.25, 0.3) is 0 Å². The summed E-state index contributed by atoms with van der Waals surface area (Å²) in [5.74, 6) is 2.66. The first kappa shape index (κ1) is 11.7. The topological polar surface area (TPSA) is 84.1 Å². The minimum atomic E-state index is -0.239. The Morgan fingerprint density at radius 3 is 2.67 bits per heavy atom. The van der Waals surface area contributed by atoms with Crippen LogP contribution in [0.5, 0.6) is 0 Å². The Bertz CT molecular complexity index is 470. The van der Waals surface area contributed by atoms with Crippen molar-refractivity contribution < 1.29 is 5.11 Å². The Morgan fingerprint density at radius 1 is 1.39 bits per heavy atom. The molecule has 0 spiro atoms. The lowest BCUT2D eigenvalue weighted by Crippen LogP contribution is -2.57. The lowest BCUT2D eigenvalue weighted by molar-refractivity contribution is -0.0511. The number of nitrogens with zero attached hydrogens (tertiary/aromatic N) is 2. The Hall–Kier alpha value is -1.36. The molecule has 2 fully saturated rings. The van der Waals surface area contributed by atoms with Gasteiger partial charge < -0.3 is 16.2 Å². The van der Waals surface area contributed by atoms with Crippen LogP contribution in [0.1, 0.15) is 44.9 Å². The second kappa shape index (κ2) is 3.82. The zero-order chi connectivity index (χ0) is 12.9. The van der Waals surface area contributed by atoms with Crippen LogP contribution in [0.3, 0.4) is 0 Å². The zero-order valence-electron chi connectivity index (χ0n) is 10.8. The molecule has 4 N–H and O–H groups in total. The molecule has 0 saturated heterocycles. The van der Waals surface area contributed by atoms with E-state index in [0.717, 1.165) is 30.9 Å². The number of hydrogen-bond donors (Lipinski definition) is 3. The predicted molar refractivity (Wildman–Crippen MR) is 70.2 cm³/mol. The summed E-state index contributed by atoms with van der Waals surface area (Å²) in [6.07, 6.45) is 2.85. The molecule has 2 aliphatic carbocycles. The lowest BCUT2D eigenvalue weighted by Gasteiger charge is -2.49. The molecule has 5 heteroatoms. The molecule has 3 rings (SSSR count). The highest BCUT2D eigenvalue weighted by molar-refractivity contribution is 5.47. The fourth-order valence-electron chi connectivity index (χ4n) is 2.41. The Morgan fingerprint density at radius 2 is 2.11 bits per heavy atom. The van der Waals surface area contributed by atoms with Gasteiger partial charge in [0.05, 0.1) is 6.10 Å². The van der Waals surface area contributed by atoms with Crippen molar-refractivity contribution in [2.75, 3.05) is 11.1 Å². The summed E-state index contributed by atoms with van der Waals surface area (Å²) in [6.45, 7) is 4.12. The van der Waals surface area contributed by atoms with E-state index in [1.54, 1.807) is 6.07 Å². The molecular weight excluding hydrogens is 228 g/mol. The Kier molecular flexibility index (Phi) is 2.48. The summed E-state index contributed by atoms with van der Waals surface area (Å²) in [7, 11) is 0. The first-order chi connectivity index (χ1) is 8.46. The molecule has 2 saturated carbocycles. The van der Waals surface area contributed by atoms with Crippen LogP contribution < -0.4 is 11.1 Å². The van der Waals surface area contributed by atoms with Gasteiger partial charge in [-0.2, -0.15) is 0 Å². The molecule has 2 aliphatic rings. The van der Waals surface area contributed by atoms with E-state index in [0.29, 0.717) is 11.7 Å². The van der Waals surface area contributed by atoms with Crippen molar-refractivity contribution in [1.29, 1.82) is 0 Å². The van der Waals surface area contributed by atoms with E-state index < -0.39 is 0 Å². The highest BCUT2D eigenvalue weighted by atomic mass is 16.3. The number of aromatic nitrogens is 2. The first-order valence-electron chi connectivity index (χ1n) is 6.56. The molecular formula is C13H20N4O. The minimum absolute atomic E-state index is 0.112. The van der Waals surface area contributed by atoms with Crippen LogP contribution in [0.4, 0.5) is 11.6 Å². The maximum absolute atomic E-state index is 9.73. The van der Waals surface area contributed by atoms with Crippen molar-refractivity contribution in [3.63, 3.8) is 0 Å². The van der Waals surface area contributed by atoms with E-state index in [2.05, 4.69) is 29.1 Å². The van der Waals surface area contributed by atoms with Crippen molar-refractivity contribution in [1.82, 2.24) is 9.97 Å². The van der Waals surface area contributed by atoms with Gasteiger partial charge in [-0.25, -0.2) is 9.97 Å². The van der Waals surface area contributed by atoms with Gasteiger partial charge in [-0.3, -0.25) is 0 Å². The van der Waals surface area contributed by atoms with E-state index >= 15 is 0 Å². The average Bonchev–Trinajstić information content (AvgIpc) is 3.11. The molecule has 1 aromatic heterocycles. The molecule has 1 heterocycles. The largest absolute Gasteiger partial charge is 0.392 e. The maximum atomic E-state index is 9.73. The number of hydrogen-bond acceptors (Lipinski definition) is 5. The zero-order valence-corrected chi connectivity index (χ0v) is 10.8. The quantitative estimate of drug-likeness (QED) is 0.755. The van der Waals surface area contributed by atoms with Crippen molar-refractivity contribution >= 4 is 11.6 Å². The molecule has 0 radical (unpaired) electrons. The van der Waals surface area contributed by atoms with Gasteiger partial charge in [0, 0.05) is 23.4 Å². The first-order valence-corrected chi connectivity index (χ1v) is 6.56. The van der Waals surface area contributed by atoms with Gasteiger partial charge in [-0.1, -0.05) is 13.8 Å². The fraction of sp³-hybridized carbons (Fsp3) is 0.692. The summed E-state index contributed by atoms with van der Waals surface area (Å²) < 4.78 is 0. The van der Waals surface area contributed by atoms with Gasteiger partial charge in [-0.15, -0.1) is 0 Å². The van der Waals surface area contributed by atoms with Crippen LogP contribution in [0, 0.1) is 5.41 Å². The number of nitrogens with two attached hydrogens (primary N) is 1. The molecule has 0 bridgehead atoms. The Balaban J connectivity index is 1.76. The van der Waals surface area contributed by atoms with Gasteiger partial charge in [0.25, 0.3) is 0 Å². The molecule has 0 aromatic carbocycles. The molecule has 0 aliphatic heterocycles. The van der Waals surface area contributed by atoms with Crippen molar-refractivity contribution in [2.45, 2.75) is 51.2 Å². The van der Waals surface area contributed by atoms with E-state index in [9.17, 15) is 5.11 Å². The molecule has 2 atom stereocenters. The number of aliphatic hydroxyl groups excluding tert-OH is 1. The molecule has 5 nitrogen and oxygen atoms in total. The van der Waals surface area contributed by atoms with Crippen LogP contribution >= 0.6 is 0 Å². The maximum Gasteiger partial charge on any atom is 0.136 e. The van der Waals surface area contributed by atoms with Crippen molar-refractivity contribution in [2.24, 2.45) is 5.41 Å². The van der Waals surface area contributed by atoms with Gasteiger partial charge in [0.15, 0.2) is 0 Å². The third-order valence-corrected chi connectivity index (χ3v) is 4.24. The molecule has 1 aromatic rings. The summed E-state index contributed by atoms with van der Waals surface area (Å²) in [6, 6.07) is 2.01. The monoisotopic (exact) mass is 248 g/mol. The van der Waals surface area contributed by atoms with Crippen molar-refractivity contribution in [3.8, 4) is 0 Å². The number of nitrogen functional groups attached to an aromatic ring is 1. The summed E-state index contributed by atoms with van der Waals surface area (Å²) in [5, 5.41) is 13.1. The summed E-state index contributed by atoms with van der Waals surface area (Å²) in [5.41, 5.74) is 5.70. The van der Waals surface area contributed by atoms with E-state index in [1.165, 1.54) is 0 Å². The standard InChI is InChI=1S/C13H20N4O/c1-13(2)8(5-9(13)18)15-11-6-10(14)16-12(17-11)7-3-4-7/h6-9,18H,3-5H2,1-2H3,(H3,14,15,16,17). The second-order valence-corrected chi connectivity index (χ2v) is 6.08. The highest BCUT2D eigenvalue weighted by Crippen LogP contribution is 2.43. The predicted octanol–water partition coefficient (Wildman–Crippen LogP) is 1.51. The smallest absolute Gasteiger partial charge is 0.136 e. The lowest BCUT2D eigenvalue weighted by atomic mass is 9.64. The van der Waals surface area contributed by atoms with Crippen molar-refractivity contribution in [3.05, 3.63) is 11.9 Å². The van der Waals surface area contributed by atoms with Gasteiger partial charge in [0.2, 0.25) is 0 Å². The fourth-order valence-corrected chi connectivity index (χ4v) is 2.41. The molecule has 2 unspecified atom stereocenters. The summed E-state index contributed by atoms with van der Waals surface area (Å²) in [4.78, 5) is 8.80. The molecule has 18 heavy (non-hydrogen) atoms. The second-order valence-electron chi connectivity index (χ2n) is 6.08. The Labute approximate surface area is 107 Å². The van der Waals surface area contributed by atoms with Gasteiger partial charge in [0.1, 0.15) is 17.5 Å². The third kappa shape index (κ3) is 1.92. The summed E-state index contributed by atoms with van der Waals surface area (Å²) >= 11 is 0. The molecule has 0 amide bonds. The van der Waals surface area contributed by atoms with Gasteiger partial charge >= 0.3 is 0 Å². The SMILES string of the molecule is CC1(C)C(O)CC1Nc1cc(N)nc(C2CC2)n1. The number of nitrogens with one attached hydrogen (secondary N) is 1. The number of rotatable bonds is 3. The van der Waals surface area contributed by atoms with E-state index in [1.807, 2.05) is 0 Å². The van der Waals surface area contributed by atoms with E-state index in [4.69, 9.17) is 5.73 Å². The normalized spacial score (nSPS) is 29.7. The molecule has 98 valence electrons.